The van der Waals surface area contributed by atoms with Gasteiger partial charge in [-0.1, -0.05) is 259 Å². The number of benzene rings is 11. The van der Waals surface area contributed by atoms with E-state index in [1.54, 1.807) is 34.9 Å². The molecular formula is C80H62N4OPtSi-2. The van der Waals surface area contributed by atoms with Crippen molar-refractivity contribution < 1.29 is 50.9 Å². The summed E-state index contributed by atoms with van der Waals surface area (Å²) in [5.41, 5.74) is 10.8. The first kappa shape index (κ1) is 40.8. The number of nitrogens with zero attached hydrogens (tertiary/aromatic N) is 4. The minimum Gasteiger partial charge on any atom is -0.510 e. The molecule has 424 valence electrons. The molecule has 14 aromatic rings. The Morgan fingerprint density at radius 2 is 1.02 bits per heavy atom. The maximum Gasteiger partial charge on any atom is 0.268 e. The molecule has 0 unspecified atom stereocenters. The molecule has 0 aliphatic carbocycles. The van der Waals surface area contributed by atoms with Gasteiger partial charge >= 0.3 is 0 Å². The second-order valence-electron chi connectivity index (χ2n) is 23.6. The molecule has 1 aliphatic rings. The van der Waals surface area contributed by atoms with Crippen LogP contribution in [0, 0.1) is 18.5 Å². The van der Waals surface area contributed by atoms with Crippen molar-refractivity contribution in [2.45, 2.75) is 52.4 Å². The fourth-order valence-corrected chi connectivity index (χ4v) is 16.2. The number of rotatable bonds is 9. The fourth-order valence-electron chi connectivity index (χ4n) is 12.3. The second kappa shape index (κ2) is 21.8. The monoisotopic (exact) mass is 1330 g/mol. The van der Waals surface area contributed by atoms with E-state index in [2.05, 4.69) is 101 Å². The molecule has 15 rings (SSSR count). The van der Waals surface area contributed by atoms with Crippen LogP contribution in [0.2, 0.25) is 0 Å². The van der Waals surface area contributed by atoms with Crippen molar-refractivity contribution in [3.8, 4) is 73.2 Å². The first-order chi connectivity index (χ1) is 48.1. The standard InChI is InChI=1S/C80H62N4OSi.Pt/c1-79(2,3)55-42-40-54(41-43-55)64-37-23-38-71-67-34-18-16-32-65(67)66-33-17-19-35-68(66)72-51-63(86(60-26-10-7-11-27-60,61-28-12-8-13-29-61)62-30-14-9-15-31-62)52-75-78(72)83(77(64)71)53-82(75)57-24-22-25-58(49-57)85-59-44-45-70-69-36-20-21-39-73(69)84(74(70)50-59)76-48-56(46-47-81-76)80(4,5)6;/h7-48,51-52H,1-6H3;/q-2;/i7D,8D,9D,10D,11D,12D,13D,14D,15D,26D,27D,28D,29D,30D,31D;. The van der Waals surface area contributed by atoms with E-state index in [-0.39, 0.29) is 48.3 Å². The van der Waals surface area contributed by atoms with Crippen LogP contribution < -0.4 is 30.1 Å². The SMILES string of the molecule is [2H]c1c([2H])c([2H])c([Si](c2cc3c4c(c2)n(-c2[c-]c(Oc5[c-]c6c(cc5)c5ccccc5n6-c5cc(C(C)(C)C)ccn5)ccc2)[c-][n+]4-c2c(-c4ccc(C(C)(C)C)cc4)cccc2-c2ccccc2-c2ccccc2-3)(c2c([2H])c([2H])c([2H])c([2H])c2[2H])c2c([2H])c([2H])c([2H])c([2H])c2[2H])c([2H])c1[2H].[Pt]. The normalized spacial score (nSPS) is 14.6. The van der Waals surface area contributed by atoms with Crippen molar-refractivity contribution in [3.05, 3.63) is 296 Å². The molecule has 0 saturated heterocycles. The molecule has 0 spiro atoms. The third-order valence-electron chi connectivity index (χ3n) is 16.5. The average Bonchev–Trinajstić information content (AvgIpc) is 0.877. The zero-order valence-corrected chi connectivity index (χ0v) is 51.5. The second-order valence-corrected chi connectivity index (χ2v) is 27.2. The van der Waals surface area contributed by atoms with Crippen LogP contribution in [0.1, 0.15) is 73.2 Å². The Hall–Kier alpha value is -9.45. The summed E-state index contributed by atoms with van der Waals surface area (Å²) in [4.78, 5) is 4.88. The summed E-state index contributed by atoms with van der Waals surface area (Å²) in [5, 5.41) is -0.0581. The van der Waals surface area contributed by atoms with Gasteiger partial charge in [-0.2, -0.15) is 18.2 Å². The van der Waals surface area contributed by atoms with Gasteiger partial charge in [0.2, 0.25) is 0 Å². The molecule has 1 aliphatic heterocycles. The Morgan fingerprint density at radius 3 is 1.66 bits per heavy atom. The molecule has 0 atom stereocenters. The molecular weight excluding hydrogens is 1260 g/mol. The van der Waals surface area contributed by atoms with Gasteiger partial charge in [-0.25, -0.2) is 4.98 Å². The summed E-state index contributed by atoms with van der Waals surface area (Å²) in [6, 6.07) is 48.7. The van der Waals surface area contributed by atoms with Crippen LogP contribution in [-0.4, -0.2) is 22.2 Å². The van der Waals surface area contributed by atoms with Gasteiger partial charge in [0.05, 0.1) is 37.3 Å². The van der Waals surface area contributed by atoms with Crippen LogP contribution in [0.3, 0.4) is 0 Å². The van der Waals surface area contributed by atoms with Gasteiger partial charge in [0, 0.05) is 44.3 Å². The summed E-state index contributed by atoms with van der Waals surface area (Å²) in [7, 11) is -5.79. The van der Waals surface area contributed by atoms with Crippen molar-refractivity contribution in [3.63, 3.8) is 0 Å². The molecule has 4 heterocycles. The molecule has 11 aromatic carbocycles. The first-order valence-corrected chi connectivity index (χ1v) is 30.5. The minimum atomic E-state index is -5.79. The maximum atomic E-state index is 10.1. The molecule has 0 N–H and O–H groups in total. The topological polar surface area (TPSA) is 35.9 Å². The Labute approximate surface area is 545 Å². The van der Waals surface area contributed by atoms with Gasteiger partial charge in [-0.05, 0) is 116 Å². The number of fused-ring (bicyclic) bond motifs is 10. The van der Waals surface area contributed by atoms with E-state index in [4.69, 9.17) is 13.8 Å². The van der Waals surface area contributed by atoms with E-state index in [1.165, 1.54) is 0 Å². The van der Waals surface area contributed by atoms with Crippen LogP contribution in [0.4, 0.5) is 0 Å². The van der Waals surface area contributed by atoms with E-state index in [0.717, 1.165) is 55.2 Å². The number of ether oxygens (including phenoxy) is 1. The molecule has 0 radical (unpaired) electrons. The predicted molar refractivity (Wildman–Crippen MR) is 356 cm³/mol. The van der Waals surface area contributed by atoms with Crippen LogP contribution in [0.15, 0.2) is 267 Å². The number of hydrogen-bond donors (Lipinski definition) is 0. The van der Waals surface area contributed by atoms with E-state index in [1.807, 2.05) is 114 Å². The van der Waals surface area contributed by atoms with Gasteiger partial charge in [0.1, 0.15) is 5.82 Å². The Kier molecular flexibility index (Phi) is 10.2. The van der Waals surface area contributed by atoms with Crippen LogP contribution in [0.5, 0.6) is 11.5 Å². The maximum absolute atomic E-state index is 10.1. The third-order valence-corrected chi connectivity index (χ3v) is 20.6. The zero-order valence-electron chi connectivity index (χ0n) is 63.3. The Morgan fingerprint density at radius 1 is 0.471 bits per heavy atom. The molecule has 7 heteroatoms. The zero-order chi connectivity index (χ0) is 71.4. The first-order valence-electron chi connectivity index (χ1n) is 36.0. The molecule has 0 saturated carbocycles. The summed E-state index contributed by atoms with van der Waals surface area (Å²) in [6.07, 6.45) is 5.60. The van der Waals surface area contributed by atoms with Crippen LogP contribution >= 0.6 is 0 Å². The summed E-state index contributed by atoms with van der Waals surface area (Å²) >= 11 is 0. The van der Waals surface area contributed by atoms with E-state index in [0.29, 0.717) is 50.7 Å². The van der Waals surface area contributed by atoms with Gasteiger partial charge in [0.15, 0.2) is 8.07 Å². The fraction of sp³-hybridized carbons (Fsp3) is 0.100. The number of aromatic nitrogens is 4. The summed E-state index contributed by atoms with van der Waals surface area (Å²) < 4.78 is 157. The smallest absolute Gasteiger partial charge is 0.268 e. The van der Waals surface area contributed by atoms with Crippen LogP contribution in [0.25, 0.3) is 94.5 Å². The quantitative estimate of drug-likeness (QED) is 0.0625. The predicted octanol–water partition coefficient (Wildman–Crippen LogP) is 16.5. The number of para-hydroxylation sites is 2. The van der Waals surface area contributed by atoms with Crippen LogP contribution in [-0.2, 0) is 31.9 Å². The van der Waals surface area contributed by atoms with E-state index >= 15 is 0 Å². The molecule has 3 aromatic heterocycles. The van der Waals surface area contributed by atoms with Crippen molar-refractivity contribution in [2.24, 2.45) is 0 Å². The minimum absolute atomic E-state index is 0. The largest absolute Gasteiger partial charge is 0.510 e. The molecule has 0 bridgehead atoms. The summed E-state index contributed by atoms with van der Waals surface area (Å²) in [6.45, 7) is 12.9. The number of imidazole rings is 1. The molecule has 5 nitrogen and oxygen atoms in total. The van der Waals surface area contributed by atoms with Crippen molar-refractivity contribution in [2.75, 3.05) is 0 Å². The average molecular weight is 1330 g/mol. The Balaban J connectivity index is 0.00000882. The van der Waals surface area contributed by atoms with E-state index in [9.17, 15) is 16.4 Å². The number of hydrogen-bond acceptors (Lipinski definition) is 2. The molecule has 0 fully saturated rings. The van der Waals surface area contributed by atoms with Gasteiger partial charge in [-0.3, -0.25) is 4.57 Å². The van der Waals surface area contributed by atoms with Gasteiger partial charge in [-0.15, -0.1) is 29.7 Å². The van der Waals surface area contributed by atoms with Crippen molar-refractivity contribution in [1.29, 1.82) is 0 Å². The third kappa shape index (κ3) is 9.42. The van der Waals surface area contributed by atoms with Crippen molar-refractivity contribution >= 4 is 61.7 Å². The summed E-state index contributed by atoms with van der Waals surface area (Å²) in [5.74, 6) is 1.26. The molecule has 87 heavy (non-hydrogen) atoms. The van der Waals surface area contributed by atoms with E-state index < -0.39 is 114 Å². The molecule has 0 amide bonds. The number of pyridine rings is 1. The van der Waals surface area contributed by atoms with Gasteiger partial charge in [0.25, 0.3) is 6.33 Å². The van der Waals surface area contributed by atoms with Gasteiger partial charge < -0.3 is 13.9 Å². The Bertz CT molecular complexity index is 5630. The van der Waals surface area contributed by atoms with Crippen molar-refractivity contribution in [1.82, 2.24) is 14.1 Å².